The van der Waals surface area contributed by atoms with Crippen molar-refractivity contribution in [2.45, 2.75) is 129 Å². The fourth-order valence-corrected chi connectivity index (χ4v) is 12.6. The Morgan fingerprint density at radius 3 is 1.86 bits per heavy atom. The Morgan fingerprint density at radius 2 is 1.34 bits per heavy atom. The smallest absolute Gasteiger partial charge is 0.177 e. The van der Waals surface area contributed by atoms with Gasteiger partial charge in [0.05, 0.1) is 23.4 Å². The van der Waals surface area contributed by atoms with Gasteiger partial charge < -0.3 is 13.6 Å². The predicted octanol–water partition coefficient (Wildman–Crippen LogP) is 7.22. The third kappa shape index (κ3) is 8.82. The lowest BCUT2D eigenvalue weighted by Gasteiger charge is -2.34. The van der Waals surface area contributed by atoms with Crippen molar-refractivity contribution in [1.29, 1.82) is 0 Å². The Balaban J connectivity index is 1.72. The van der Waals surface area contributed by atoms with E-state index in [9.17, 15) is 0 Å². The summed E-state index contributed by atoms with van der Waals surface area (Å²) in [4.78, 5) is 0. The van der Waals surface area contributed by atoms with Crippen molar-refractivity contribution in [1.82, 2.24) is 0 Å². The van der Waals surface area contributed by atoms with E-state index in [0.717, 1.165) is 31.7 Å². The minimum Gasteiger partial charge on any atom is -0.455 e. The molecule has 2 fully saturated rings. The second-order valence-corrected chi connectivity index (χ2v) is 20.4. The number of allylic oxidation sites excluding steroid dienone is 3. The first-order valence-electron chi connectivity index (χ1n) is 11.5. The molecule has 2 unspecified atom stereocenters. The second kappa shape index (κ2) is 9.11. The molecule has 2 aliphatic heterocycles. The summed E-state index contributed by atoms with van der Waals surface area (Å²) in [5.41, 5.74) is 3.18. The van der Waals surface area contributed by atoms with Crippen LogP contribution in [-0.4, -0.2) is 40.0 Å². The van der Waals surface area contributed by atoms with Crippen LogP contribution in [0, 0.1) is 0 Å². The fourth-order valence-electron chi connectivity index (χ4n) is 4.03. The van der Waals surface area contributed by atoms with Gasteiger partial charge in [-0.3, -0.25) is 0 Å². The van der Waals surface area contributed by atoms with Gasteiger partial charge in [0.25, 0.3) is 0 Å². The topological polar surface area (TPSA) is 34.3 Å². The molecule has 168 valence electrons. The van der Waals surface area contributed by atoms with Crippen molar-refractivity contribution in [2.75, 3.05) is 0 Å². The highest BCUT2D eigenvalue weighted by Gasteiger charge is 2.47. The molecule has 0 aromatic rings. The van der Waals surface area contributed by atoms with Crippen LogP contribution >= 0.6 is 0 Å². The Labute approximate surface area is 182 Å². The molecule has 0 radical (unpaired) electrons. The zero-order valence-electron chi connectivity index (χ0n) is 20.8. The lowest BCUT2D eigenvalue weighted by Crippen LogP contribution is -2.43. The van der Waals surface area contributed by atoms with Gasteiger partial charge in [0.2, 0.25) is 0 Å². The van der Waals surface area contributed by atoms with E-state index >= 15 is 0 Å². The third-order valence-corrected chi connectivity index (χ3v) is 13.5. The standard InChI is InChI=1S/C24H46O3Si2/c1-19(11-13-21-23(3,4)25-21)15-17-28(7,8)27-29(9,10)18-16-20(2)12-14-22-24(5,6)26-22/h11,16,21-22H,12-15,17-18H2,1-10H3/b19-11+,20-16+. The SMILES string of the molecule is C/C(=C\C[Si](C)(C)O[Si](C)(C)CC/C(C)=C/CC1OC1(C)C)CCC1OC1(C)C. The molecule has 0 aromatic heterocycles. The molecule has 0 bridgehead atoms. The van der Waals surface area contributed by atoms with Gasteiger partial charge in [0, 0.05) is 0 Å². The molecule has 3 nitrogen and oxygen atoms in total. The fraction of sp³-hybridized carbons (Fsp3) is 0.833. The summed E-state index contributed by atoms with van der Waals surface area (Å²) in [6.07, 6.45) is 10.2. The van der Waals surface area contributed by atoms with Gasteiger partial charge in [-0.2, -0.15) is 0 Å². The zero-order valence-corrected chi connectivity index (χ0v) is 22.8. The highest BCUT2D eigenvalue weighted by Crippen LogP contribution is 2.39. The number of hydrogen-bond acceptors (Lipinski definition) is 3. The summed E-state index contributed by atoms with van der Waals surface area (Å²) in [5.74, 6) is 0. The minimum atomic E-state index is -1.67. The third-order valence-electron chi connectivity index (χ3n) is 6.43. The molecule has 0 spiro atoms. The van der Waals surface area contributed by atoms with E-state index in [-0.39, 0.29) is 11.2 Å². The van der Waals surface area contributed by atoms with E-state index in [4.69, 9.17) is 13.6 Å². The Kier molecular flexibility index (Phi) is 7.87. The van der Waals surface area contributed by atoms with Crippen molar-refractivity contribution >= 4 is 16.6 Å². The summed E-state index contributed by atoms with van der Waals surface area (Å²) in [5, 5.41) is 0. The highest BCUT2D eigenvalue weighted by atomic mass is 28.4. The van der Waals surface area contributed by atoms with E-state index in [1.165, 1.54) is 17.2 Å². The molecule has 0 aliphatic carbocycles. The molecule has 2 rings (SSSR count). The molecular weight excluding hydrogens is 392 g/mol. The van der Waals surface area contributed by atoms with E-state index in [1.807, 2.05) is 0 Å². The van der Waals surface area contributed by atoms with Crippen LogP contribution in [0.5, 0.6) is 0 Å². The lowest BCUT2D eigenvalue weighted by molar-refractivity contribution is 0.320. The van der Waals surface area contributed by atoms with Crippen LogP contribution in [0.1, 0.15) is 67.2 Å². The highest BCUT2D eigenvalue weighted by molar-refractivity contribution is 6.85. The molecule has 0 N–H and O–H groups in total. The van der Waals surface area contributed by atoms with Crippen LogP contribution in [0.2, 0.25) is 38.3 Å². The number of ether oxygens (including phenoxy) is 2. The van der Waals surface area contributed by atoms with Crippen LogP contribution < -0.4 is 0 Å². The molecule has 2 atom stereocenters. The summed E-state index contributed by atoms with van der Waals surface area (Å²) < 4.78 is 18.2. The Hall–Kier alpha value is -0.206. The van der Waals surface area contributed by atoms with Crippen LogP contribution in [0.15, 0.2) is 23.3 Å². The van der Waals surface area contributed by atoms with Gasteiger partial charge in [0.15, 0.2) is 16.6 Å². The van der Waals surface area contributed by atoms with Crippen molar-refractivity contribution in [3.8, 4) is 0 Å². The summed E-state index contributed by atoms with van der Waals surface area (Å²) >= 11 is 0. The van der Waals surface area contributed by atoms with Crippen molar-refractivity contribution in [2.24, 2.45) is 0 Å². The minimum absolute atomic E-state index is 0.0943. The van der Waals surface area contributed by atoms with Crippen LogP contribution in [0.25, 0.3) is 0 Å². The van der Waals surface area contributed by atoms with Crippen molar-refractivity contribution in [3.63, 3.8) is 0 Å². The number of hydrogen-bond donors (Lipinski definition) is 0. The van der Waals surface area contributed by atoms with Crippen LogP contribution in [-0.2, 0) is 13.6 Å². The normalized spacial score (nSPS) is 26.6. The van der Waals surface area contributed by atoms with Gasteiger partial charge in [-0.25, -0.2) is 0 Å². The van der Waals surface area contributed by atoms with Gasteiger partial charge in [-0.1, -0.05) is 23.3 Å². The first-order valence-corrected chi connectivity index (χ1v) is 17.7. The monoisotopic (exact) mass is 438 g/mol. The molecule has 29 heavy (non-hydrogen) atoms. The largest absolute Gasteiger partial charge is 0.455 e. The lowest BCUT2D eigenvalue weighted by atomic mass is 10.0. The molecule has 0 saturated carbocycles. The average molecular weight is 439 g/mol. The van der Waals surface area contributed by atoms with Gasteiger partial charge in [-0.15, -0.1) is 0 Å². The first-order chi connectivity index (χ1) is 13.1. The van der Waals surface area contributed by atoms with Crippen LogP contribution in [0.3, 0.4) is 0 Å². The summed E-state index contributed by atoms with van der Waals surface area (Å²) in [6, 6.07) is 2.32. The summed E-state index contributed by atoms with van der Waals surface area (Å²) in [6.45, 7) is 22.8. The van der Waals surface area contributed by atoms with Gasteiger partial charge in [-0.05, 0) is 106 Å². The molecule has 0 amide bonds. The maximum Gasteiger partial charge on any atom is 0.177 e. The molecule has 5 heteroatoms. The van der Waals surface area contributed by atoms with Gasteiger partial charge in [0.1, 0.15) is 0 Å². The summed E-state index contributed by atoms with van der Waals surface area (Å²) in [7, 11) is -3.32. The second-order valence-electron chi connectivity index (χ2n) is 11.6. The molecule has 2 heterocycles. The Bertz CT molecular complexity index is 632. The maximum absolute atomic E-state index is 6.82. The Morgan fingerprint density at radius 1 is 0.828 bits per heavy atom. The maximum atomic E-state index is 6.82. The van der Waals surface area contributed by atoms with Crippen molar-refractivity contribution < 1.29 is 13.6 Å². The molecular formula is C24H46O3Si2. The van der Waals surface area contributed by atoms with E-state index in [2.05, 4.69) is 79.9 Å². The number of epoxide rings is 2. The van der Waals surface area contributed by atoms with Crippen LogP contribution in [0.4, 0.5) is 0 Å². The quantitative estimate of drug-likeness (QED) is 0.183. The van der Waals surface area contributed by atoms with E-state index < -0.39 is 16.6 Å². The average Bonchev–Trinajstić information content (AvgIpc) is 3.39. The predicted molar refractivity (Wildman–Crippen MR) is 130 cm³/mol. The van der Waals surface area contributed by atoms with E-state index in [0.29, 0.717) is 12.2 Å². The molecule has 2 saturated heterocycles. The molecule has 0 aromatic carbocycles. The van der Waals surface area contributed by atoms with Crippen molar-refractivity contribution in [3.05, 3.63) is 23.3 Å². The van der Waals surface area contributed by atoms with E-state index in [1.54, 1.807) is 0 Å². The number of rotatable bonds is 12. The first kappa shape index (κ1) is 25.1. The molecule has 2 aliphatic rings. The van der Waals surface area contributed by atoms with Gasteiger partial charge >= 0.3 is 0 Å². The zero-order chi connectivity index (χ0) is 22.1.